The molecule has 0 aromatic carbocycles. The summed E-state index contributed by atoms with van der Waals surface area (Å²) in [5.74, 6) is 1.66. The Labute approximate surface area is 124 Å². The van der Waals surface area contributed by atoms with Gasteiger partial charge in [-0.15, -0.1) is 0 Å². The second-order valence-electron chi connectivity index (χ2n) is 6.26. The Bertz CT molecular complexity index is 632. The number of hydrogen-bond donors (Lipinski definition) is 0. The number of hydrogen-bond acceptors (Lipinski definition) is 4. The lowest BCUT2D eigenvalue weighted by Gasteiger charge is -2.26. The summed E-state index contributed by atoms with van der Waals surface area (Å²) in [6.45, 7) is 3.07. The van der Waals surface area contributed by atoms with Gasteiger partial charge in [0.1, 0.15) is 17.6 Å². The van der Waals surface area contributed by atoms with E-state index in [9.17, 15) is 0 Å². The molecule has 2 aromatic heterocycles. The quantitative estimate of drug-likeness (QED) is 0.851. The fraction of sp³-hybridized carbons (Fsp3) is 0.625. The number of aromatic nitrogens is 3. The Morgan fingerprint density at radius 2 is 2.24 bits per heavy atom. The van der Waals surface area contributed by atoms with Crippen LogP contribution in [0.25, 0.3) is 11.2 Å². The standard InChI is InChI=1S/C16H22N4O/c1-19-9-7-12(11-19)15-18-13-5-4-8-17-16(13)20(15)14-6-2-3-10-21-14/h4-5,8,12,14H,2-3,6-7,9-11H2,1H3. The molecule has 5 nitrogen and oxygen atoms in total. The smallest absolute Gasteiger partial charge is 0.162 e. The summed E-state index contributed by atoms with van der Waals surface area (Å²) >= 11 is 0. The molecule has 0 spiro atoms. The van der Waals surface area contributed by atoms with Gasteiger partial charge in [-0.3, -0.25) is 4.57 Å². The Morgan fingerprint density at radius 1 is 1.29 bits per heavy atom. The van der Waals surface area contributed by atoms with Crippen LogP contribution in [0.15, 0.2) is 18.3 Å². The van der Waals surface area contributed by atoms with E-state index in [-0.39, 0.29) is 6.23 Å². The third kappa shape index (κ3) is 2.34. The third-order valence-electron chi connectivity index (χ3n) is 4.68. The molecule has 5 heteroatoms. The van der Waals surface area contributed by atoms with Crippen LogP contribution in [0, 0.1) is 0 Å². The Balaban J connectivity index is 1.80. The average molecular weight is 286 g/mol. The lowest BCUT2D eigenvalue weighted by atomic mass is 10.1. The SMILES string of the molecule is CN1CCC(c2nc3cccnc3n2C2CCCCO2)C1. The van der Waals surface area contributed by atoms with E-state index < -0.39 is 0 Å². The summed E-state index contributed by atoms with van der Waals surface area (Å²) in [6, 6.07) is 4.02. The van der Waals surface area contributed by atoms with Crippen LogP contribution in [0.5, 0.6) is 0 Å². The molecule has 2 fully saturated rings. The monoisotopic (exact) mass is 286 g/mol. The van der Waals surface area contributed by atoms with Gasteiger partial charge in [0.2, 0.25) is 0 Å². The predicted octanol–water partition coefficient (Wildman–Crippen LogP) is 2.55. The van der Waals surface area contributed by atoms with Crippen LogP contribution < -0.4 is 0 Å². The van der Waals surface area contributed by atoms with Crippen LogP contribution in [-0.4, -0.2) is 46.2 Å². The van der Waals surface area contributed by atoms with Crippen LogP contribution in [-0.2, 0) is 4.74 Å². The molecule has 2 atom stereocenters. The van der Waals surface area contributed by atoms with Crippen molar-refractivity contribution in [3.63, 3.8) is 0 Å². The first-order valence-electron chi connectivity index (χ1n) is 7.96. The number of nitrogens with zero attached hydrogens (tertiary/aromatic N) is 4. The summed E-state index contributed by atoms with van der Waals surface area (Å²) in [6.07, 6.45) is 6.59. The molecular formula is C16H22N4O. The van der Waals surface area contributed by atoms with E-state index in [1.54, 1.807) is 0 Å². The van der Waals surface area contributed by atoms with Crippen molar-refractivity contribution in [1.82, 2.24) is 19.4 Å². The average Bonchev–Trinajstić information content (AvgIpc) is 3.11. The maximum atomic E-state index is 6.03. The minimum absolute atomic E-state index is 0.111. The third-order valence-corrected chi connectivity index (χ3v) is 4.68. The number of imidazole rings is 1. The van der Waals surface area contributed by atoms with E-state index in [1.165, 1.54) is 18.7 Å². The molecule has 0 bridgehead atoms. The zero-order valence-electron chi connectivity index (χ0n) is 12.5. The molecule has 2 unspecified atom stereocenters. The van der Waals surface area contributed by atoms with Crippen LogP contribution >= 0.6 is 0 Å². The van der Waals surface area contributed by atoms with E-state index >= 15 is 0 Å². The molecule has 0 amide bonds. The van der Waals surface area contributed by atoms with Crippen LogP contribution in [0.4, 0.5) is 0 Å². The molecule has 112 valence electrons. The van der Waals surface area contributed by atoms with Gasteiger partial charge in [0.25, 0.3) is 0 Å². The lowest BCUT2D eigenvalue weighted by Crippen LogP contribution is -2.22. The van der Waals surface area contributed by atoms with Crippen molar-refractivity contribution >= 4 is 11.2 Å². The molecule has 0 N–H and O–H groups in total. The van der Waals surface area contributed by atoms with Crippen molar-refractivity contribution in [3.05, 3.63) is 24.2 Å². The fourth-order valence-electron chi connectivity index (χ4n) is 3.59. The summed E-state index contributed by atoms with van der Waals surface area (Å²) in [5, 5.41) is 0. The van der Waals surface area contributed by atoms with Crippen LogP contribution in [0.1, 0.15) is 43.7 Å². The van der Waals surface area contributed by atoms with Gasteiger partial charge >= 0.3 is 0 Å². The van der Waals surface area contributed by atoms with Gasteiger partial charge in [0.15, 0.2) is 5.65 Å². The van der Waals surface area contributed by atoms with Crippen molar-refractivity contribution in [1.29, 1.82) is 0 Å². The zero-order chi connectivity index (χ0) is 14.2. The van der Waals surface area contributed by atoms with Crippen molar-refractivity contribution < 1.29 is 4.74 Å². The zero-order valence-corrected chi connectivity index (χ0v) is 12.5. The molecule has 4 heterocycles. The van der Waals surface area contributed by atoms with E-state index in [0.717, 1.165) is 43.7 Å². The first-order chi connectivity index (χ1) is 10.3. The summed E-state index contributed by atoms with van der Waals surface area (Å²) in [7, 11) is 2.18. The van der Waals surface area contributed by atoms with Gasteiger partial charge in [-0.25, -0.2) is 9.97 Å². The van der Waals surface area contributed by atoms with Gasteiger partial charge < -0.3 is 9.64 Å². The van der Waals surface area contributed by atoms with Crippen molar-refractivity contribution in [2.24, 2.45) is 0 Å². The number of fused-ring (bicyclic) bond motifs is 1. The largest absolute Gasteiger partial charge is 0.358 e. The number of rotatable bonds is 2. The number of likely N-dealkylation sites (N-methyl/N-ethyl adjacent to an activating group) is 1. The van der Waals surface area contributed by atoms with Crippen molar-refractivity contribution in [2.45, 2.75) is 37.8 Å². The van der Waals surface area contributed by atoms with Gasteiger partial charge in [-0.1, -0.05) is 0 Å². The highest BCUT2D eigenvalue weighted by molar-refractivity contribution is 5.71. The maximum Gasteiger partial charge on any atom is 0.162 e. The second kappa shape index (κ2) is 5.39. The van der Waals surface area contributed by atoms with Gasteiger partial charge in [-0.2, -0.15) is 0 Å². The van der Waals surface area contributed by atoms with Gasteiger partial charge in [0, 0.05) is 25.3 Å². The lowest BCUT2D eigenvalue weighted by molar-refractivity contribution is -0.0318. The van der Waals surface area contributed by atoms with E-state index in [4.69, 9.17) is 9.72 Å². The van der Waals surface area contributed by atoms with Crippen molar-refractivity contribution in [3.8, 4) is 0 Å². The number of likely N-dealkylation sites (tertiary alicyclic amines) is 1. The summed E-state index contributed by atoms with van der Waals surface area (Å²) in [5.41, 5.74) is 1.98. The van der Waals surface area contributed by atoms with E-state index in [2.05, 4.69) is 27.6 Å². The minimum atomic E-state index is 0.111. The number of ether oxygens (including phenoxy) is 1. The first-order valence-corrected chi connectivity index (χ1v) is 7.96. The minimum Gasteiger partial charge on any atom is -0.358 e. The molecular weight excluding hydrogens is 264 g/mol. The van der Waals surface area contributed by atoms with Crippen LogP contribution in [0.3, 0.4) is 0 Å². The number of pyridine rings is 1. The molecule has 4 rings (SSSR count). The molecule has 2 saturated heterocycles. The van der Waals surface area contributed by atoms with Crippen molar-refractivity contribution in [2.75, 3.05) is 26.7 Å². The fourth-order valence-corrected chi connectivity index (χ4v) is 3.59. The van der Waals surface area contributed by atoms with E-state index in [1.807, 2.05) is 12.3 Å². The van der Waals surface area contributed by atoms with Crippen LogP contribution in [0.2, 0.25) is 0 Å². The van der Waals surface area contributed by atoms with E-state index in [0.29, 0.717) is 5.92 Å². The Hall–Kier alpha value is -1.46. The topological polar surface area (TPSA) is 43.2 Å². The normalized spacial score (nSPS) is 27.5. The highest BCUT2D eigenvalue weighted by atomic mass is 16.5. The first kappa shape index (κ1) is 13.2. The Kier molecular flexibility index (Phi) is 3.39. The second-order valence-corrected chi connectivity index (χ2v) is 6.26. The molecule has 2 aliphatic heterocycles. The molecule has 0 radical (unpaired) electrons. The highest BCUT2D eigenvalue weighted by Crippen LogP contribution is 2.33. The predicted molar refractivity (Wildman–Crippen MR) is 81.2 cm³/mol. The molecule has 0 aliphatic carbocycles. The highest BCUT2D eigenvalue weighted by Gasteiger charge is 2.30. The molecule has 2 aliphatic rings. The summed E-state index contributed by atoms with van der Waals surface area (Å²) in [4.78, 5) is 11.9. The molecule has 0 saturated carbocycles. The maximum absolute atomic E-state index is 6.03. The molecule has 21 heavy (non-hydrogen) atoms. The van der Waals surface area contributed by atoms with Gasteiger partial charge in [0.05, 0.1) is 0 Å². The van der Waals surface area contributed by atoms with Gasteiger partial charge in [-0.05, 0) is 51.4 Å². The Morgan fingerprint density at radius 3 is 3.00 bits per heavy atom. The summed E-state index contributed by atoms with van der Waals surface area (Å²) < 4.78 is 8.30. The molecule has 2 aromatic rings.